The number of hydrogen-bond donors (Lipinski definition) is 0. The Labute approximate surface area is 702 Å². The van der Waals surface area contributed by atoms with Gasteiger partial charge < -0.3 is 62.2 Å². The average molecular weight is 1630 g/mol. The van der Waals surface area contributed by atoms with E-state index >= 15 is 0 Å². The van der Waals surface area contributed by atoms with Gasteiger partial charge in [-0.3, -0.25) is 6.04 Å². The molecule has 539 valence electrons. The fraction of sp³-hybridized carbons (Fsp3) is 0.880. The van der Waals surface area contributed by atoms with Crippen LogP contribution in [0.4, 0.5) is 0 Å². The van der Waals surface area contributed by atoms with Crippen LogP contribution in [0.1, 0.15) is 355 Å². The molecule has 0 heterocycles. The monoisotopic (exact) mass is 1630 g/mol. The zero-order valence-electron chi connectivity index (χ0n) is 66.4. The Kier molecular flexibility index (Phi) is 83.6. The zero-order valence-corrected chi connectivity index (χ0v) is 80.6. The van der Waals surface area contributed by atoms with Crippen molar-refractivity contribution >= 4 is 0 Å². The number of rotatable bonds is 29. The summed E-state index contributed by atoms with van der Waals surface area (Å²) >= 11 is 0. The summed E-state index contributed by atoms with van der Waals surface area (Å²) in [5.74, 6) is 11.3. The first-order chi connectivity index (χ1) is 34.6. The van der Waals surface area contributed by atoms with Gasteiger partial charge in [-0.1, -0.05) is 329 Å². The third kappa shape index (κ3) is 53.0. The summed E-state index contributed by atoms with van der Waals surface area (Å²) in [6, 6.07) is 1.94. The van der Waals surface area contributed by atoms with Crippen molar-refractivity contribution in [1.29, 1.82) is 0 Å². The standard InChI is InChI=1S/C17H34.C16H33N.3C15H30.5CH4.5Y/c1-12(2)11-16(7,8)17(9,10)15(13(3)4)14(5)6;1-12(2)11-15(7,8)16(9,10)17(13(3)4)14(5)6;1-11(2)10-15(8,9)13(12(3)4)14(5,6)7;1-11(2)9-14(13(5)6)15(7,8)10-12(3)4;1-12(2)9-10-14(5,6)15(7,8)11-13(3)4;;;;;;;;;;/h11-13,15H,1-10H3;11-13H,1-10H3;10-13H,5H2,1-4,6-9H3;10,12-14H,9H2,1-8H3;9,11-13H,10H2,1-8H3;5*1H4;;;;;/q5*-2;;;;;;;;;;. The molecule has 0 bridgehead atoms. The second kappa shape index (κ2) is 57.0. The normalized spacial score (nSPS) is 13.5. The van der Waals surface area contributed by atoms with E-state index in [0.29, 0.717) is 86.9 Å². The Morgan fingerprint density at radius 2 is 0.685 bits per heavy atom. The van der Waals surface area contributed by atoms with Crippen molar-refractivity contribution in [2.45, 2.75) is 366 Å². The minimum Gasteiger partial charge on any atom is -0.449 e. The molecule has 6 heteroatoms. The van der Waals surface area contributed by atoms with Crippen LogP contribution in [0, 0.1) is 178 Å². The van der Waals surface area contributed by atoms with Gasteiger partial charge in [0.1, 0.15) is 0 Å². The van der Waals surface area contributed by atoms with E-state index in [9.17, 15) is 0 Å². The maximum Gasteiger partial charge on any atom is 0 e. The molecule has 89 heavy (non-hydrogen) atoms. The van der Waals surface area contributed by atoms with Gasteiger partial charge in [0.05, 0.1) is 0 Å². The molecular formula is C83H177NY5-10. The van der Waals surface area contributed by atoms with E-state index in [1.807, 2.05) is 0 Å². The Morgan fingerprint density at radius 1 is 0.382 bits per heavy atom. The van der Waals surface area contributed by atoms with Crippen LogP contribution in [0.25, 0.3) is 0 Å². The molecule has 0 aromatic rings. The molecule has 0 saturated heterocycles. The predicted octanol–water partition coefficient (Wildman–Crippen LogP) is 29.2. The van der Waals surface area contributed by atoms with Crippen molar-refractivity contribution in [3.05, 3.63) is 63.3 Å². The van der Waals surface area contributed by atoms with Crippen molar-refractivity contribution in [3.8, 4) is 0 Å². The minimum atomic E-state index is 0. The molecule has 3 atom stereocenters. The molecule has 0 amide bonds. The summed E-state index contributed by atoms with van der Waals surface area (Å²) in [6.45, 7) is 106. The molecule has 0 aliphatic rings. The first kappa shape index (κ1) is 131. The third-order valence-electron chi connectivity index (χ3n) is 18.2. The summed E-state index contributed by atoms with van der Waals surface area (Å²) in [7, 11) is 0. The molecular weight excluding hydrogens is 1460 g/mol. The summed E-state index contributed by atoms with van der Waals surface area (Å²) < 4.78 is 0. The Morgan fingerprint density at radius 3 is 0.910 bits per heavy atom. The van der Waals surface area contributed by atoms with Crippen molar-refractivity contribution in [1.82, 2.24) is 4.90 Å². The fourth-order valence-corrected chi connectivity index (χ4v) is 15.1. The van der Waals surface area contributed by atoms with Crippen LogP contribution in [-0.4, -0.2) is 16.5 Å². The van der Waals surface area contributed by atoms with Crippen LogP contribution in [0.15, 0.2) is 0 Å². The van der Waals surface area contributed by atoms with E-state index in [1.165, 1.54) is 18.9 Å². The van der Waals surface area contributed by atoms with Crippen molar-refractivity contribution in [2.24, 2.45) is 114 Å². The number of nitrogens with zero attached hydrogens (tertiary/aromatic N) is 1. The summed E-state index contributed by atoms with van der Waals surface area (Å²) in [6.07, 6.45) is 17.4. The molecule has 0 saturated carbocycles. The van der Waals surface area contributed by atoms with Gasteiger partial charge in [-0.2, -0.15) is 123 Å². The van der Waals surface area contributed by atoms with E-state index in [2.05, 4.69) is 355 Å². The maximum absolute atomic E-state index is 4.35. The van der Waals surface area contributed by atoms with Gasteiger partial charge in [0, 0.05) is 164 Å². The van der Waals surface area contributed by atoms with Gasteiger partial charge in [0.2, 0.25) is 0 Å². The second-order valence-electron chi connectivity index (χ2n) is 34.9. The van der Waals surface area contributed by atoms with Crippen molar-refractivity contribution in [2.75, 3.05) is 0 Å². The largest absolute Gasteiger partial charge is 0.449 e. The zero-order chi connectivity index (χ0) is 65.0. The average Bonchev–Trinajstić information content (AvgIpc) is 3.12. The maximum atomic E-state index is 4.35. The van der Waals surface area contributed by atoms with Crippen LogP contribution in [0.5, 0.6) is 0 Å². The second-order valence-corrected chi connectivity index (χ2v) is 34.9. The molecule has 0 N–H and O–H groups in total. The molecule has 0 aliphatic carbocycles. The molecule has 1 nitrogen and oxygen atoms in total. The molecule has 3 unspecified atom stereocenters. The molecule has 0 rings (SSSR count). The Hall–Kier alpha value is 5.48. The van der Waals surface area contributed by atoms with Crippen LogP contribution in [-0.2, 0) is 164 Å². The minimum absolute atomic E-state index is 0. The fourth-order valence-electron chi connectivity index (χ4n) is 15.1. The van der Waals surface area contributed by atoms with E-state index in [-0.39, 0.29) is 228 Å². The van der Waals surface area contributed by atoms with Crippen LogP contribution < -0.4 is 0 Å². The van der Waals surface area contributed by atoms with E-state index in [1.54, 1.807) is 11.8 Å². The van der Waals surface area contributed by atoms with E-state index in [4.69, 9.17) is 0 Å². The Balaban J connectivity index is -0.0000000576. The van der Waals surface area contributed by atoms with Crippen molar-refractivity contribution < 1.29 is 164 Å². The van der Waals surface area contributed by atoms with Gasteiger partial charge in [0.25, 0.3) is 0 Å². The van der Waals surface area contributed by atoms with Crippen LogP contribution >= 0.6 is 0 Å². The van der Waals surface area contributed by atoms with Gasteiger partial charge in [-0.05, 0) is 23.4 Å². The first-order valence-electron chi connectivity index (χ1n) is 32.8. The summed E-state index contributed by atoms with van der Waals surface area (Å²) in [5.41, 5.74) is 2.24. The van der Waals surface area contributed by atoms with E-state index in [0.717, 1.165) is 11.8 Å². The smallest absolute Gasteiger partial charge is 0 e. The summed E-state index contributed by atoms with van der Waals surface area (Å²) in [4.78, 5) is 2.55. The molecule has 0 aromatic heterocycles. The third-order valence-corrected chi connectivity index (χ3v) is 18.2. The molecule has 0 spiro atoms. The molecule has 0 fully saturated rings. The van der Waals surface area contributed by atoms with Gasteiger partial charge in [-0.15, -0.1) is 5.41 Å². The predicted molar refractivity (Wildman–Crippen MR) is 403 cm³/mol. The number of hydrogen-bond acceptors (Lipinski definition) is 1. The van der Waals surface area contributed by atoms with E-state index < -0.39 is 0 Å². The van der Waals surface area contributed by atoms with Gasteiger partial charge in [-0.25, -0.2) is 0 Å². The van der Waals surface area contributed by atoms with Crippen LogP contribution in [0.3, 0.4) is 0 Å². The van der Waals surface area contributed by atoms with Gasteiger partial charge in [0.15, 0.2) is 0 Å². The molecule has 0 aromatic carbocycles. The molecule has 5 radical (unpaired) electrons. The SMILES string of the molecule is C.C.C.C.C.CC(C)[CH-]CC(C)(C)C(C)(C)[CH-]C(C)C.C[C-](C)C(C(C)C)C(C)(C)C(C)(C)[CH-]C(C)C.C[C-](C)CC(C(C)C)C(C)(C)[CH-]C(C)C.C[C-](C)N(C(C)C)C(C)(C)C(C)(C)[CH-]C(C)C.[CH2-]C(C)(C)C(C(C)C)C(C)(C)[CH-]C(C)C.[Y].[Y].[Y].[Y].[Y]. The molecule has 0 aliphatic heterocycles. The quantitative estimate of drug-likeness (QED) is 0.0675. The summed E-state index contributed by atoms with van der Waals surface area (Å²) in [5, 5.41) is 0. The van der Waals surface area contributed by atoms with Crippen molar-refractivity contribution in [3.63, 3.8) is 0 Å². The Bertz CT molecular complexity index is 1440. The van der Waals surface area contributed by atoms with Gasteiger partial charge >= 0.3 is 0 Å². The van der Waals surface area contributed by atoms with Crippen LogP contribution in [0.2, 0.25) is 0 Å². The topological polar surface area (TPSA) is 3.24 Å². The first-order valence-corrected chi connectivity index (χ1v) is 32.8.